The largest absolute Gasteiger partial charge is 0.488 e. The highest BCUT2D eigenvalue weighted by Crippen LogP contribution is 2.26. The van der Waals surface area contributed by atoms with Crippen LogP contribution in [0, 0.1) is 0 Å². The number of hydrogen-bond donors (Lipinski definition) is 0. The summed E-state index contributed by atoms with van der Waals surface area (Å²) >= 11 is 5.20. The minimum atomic E-state index is 0.626. The molecule has 0 unspecified atom stereocenters. The molecular formula is C15H11BrOS. The van der Waals surface area contributed by atoms with Crippen molar-refractivity contribution in [1.29, 1.82) is 0 Å². The second kappa shape index (κ2) is 5.12. The van der Waals surface area contributed by atoms with Gasteiger partial charge < -0.3 is 4.74 Å². The highest BCUT2D eigenvalue weighted by atomic mass is 79.9. The van der Waals surface area contributed by atoms with E-state index >= 15 is 0 Å². The highest BCUT2D eigenvalue weighted by molar-refractivity contribution is 9.10. The second-order valence-corrected chi connectivity index (χ2v) is 6.08. The van der Waals surface area contributed by atoms with Crippen LogP contribution in [0.4, 0.5) is 0 Å². The maximum absolute atomic E-state index is 5.77. The monoisotopic (exact) mass is 318 g/mol. The average molecular weight is 319 g/mol. The molecule has 0 amide bonds. The first kappa shape index (κ1) is 11.8. The molecule has 2 aromatic carbocycles. The van der Waals surface area contributed by atoms with Crippen LogP contribution in [0.25, 0.3) is 10.1 Å². The first-order valence-electron chi connectivity index (χ1n) is 5.67. The summed E-state index contributed by atoms with van der Waals surface area (Å²) in [6, 6.07) is 18.5. The van der Waals surface area contributed by atoms with Crippen molar-refractivity contribution < 1.29 is 4.74 Å². The summed E-state index contributed by atoms with van der Waals surface area (Å²) in [5, 5.41) is 1.29. The van der Waals surface area contributed by atoms with Crippen molar-refractivity contribution in [3.8, 4) is 5.75 Å². The van der Waals surface area contributed by atoms with E-state index in [0.29, 0.717) is 6.61 Å². The molecule has 0 saturated heterocycles. The number of hydrogen-bond acceptors (Lipinski definition) is 2. The molecule has 3 rings (SSSR count). The Kier molecular flexibility index (Phi) is 3.35. The predicted octanol–water partition coefficient (Wildman–Crippen LogP) is 5.24. The number of halogens is 1. The topological polar surface area (TPSA) is 9.23 Å². The number of rotatable bonds is 3. The van der Waals surface area contributed by atoms with Crippen LogP contribution in [-0.2, 0) is 6.61 Å². The molecule has 0 aliphatic rings. The molecule has 0 fully saturated rings. The van der Waals surface area contributed by atoms with Gasteiger partial charge in [-0.2, -0.15) is 0 Å². The van der Waals surface area contributed by atoms with E-state index in [2.05, 4.69) is 46.3 Å². The molecule has 0 aliphatic heterocycles. The Morgan fingerprint density at radius 3 is 2.56 bits per heavy atom. The second-order valence-electron chi connectivity index (χ2n) is 3.99. The molecule has 0 spiro atoms. The van der Waals surface area contributed by atoms with Crippen LogP contribution in [0.5, 0.6) is 5.75 Å². The Morgan fingerprint density at radius 2 is 1.78 bits per heavy atom. The SMILES string of the molecule is Brc1ccc(OCc2cc3ccccc3s2)cc1. The fourth-order valence-electron chi connectivity index (χ4n) is 1.79. The first-order chi connectivity index (χ1) is 8.81. The van der Waals surface area contributed by atoms with E-state index in [4.69, 9.17) is 4.74 Å². The molecule has 0 N–H and O–H groups in total. The van der Waals surface area contributed by atoms with Crippen molar-refractivity contribution in [3.63, 3.8) is 0 Å². The van der Waals surface area contributed by atoms with Gasteiger partial charge in [0, 0.05) is 14.0 Å². The maximum Gasteiger partial charge on any atom is 0.122 e. The third-order valence-electron chi connectivity index (χ3n) is 2.67. The fraction of sp³-hybridized carbons (Fsp3) is 0.0667. The van der Waals surface area contributed by atoms with Crippen molar-refractivity contribution in [2.45, 2.75) is 6.61 Å². The minimum Gasteiger partial charge on any atom is -0.488 e. The average Bonchev–Trinajstić information content (AvgIpc) is 2.81. The summed E-state index contributed by atoms with van der Waals surface area (Å²) < 4.78 is 8.14. The molecule has 0 aliphatic carbocycles. The Morgan fingerprint density at radius 1 is 1.00 bits per heavy atom. The van der Waals surface area contributed by atoms with Gasteiger partial charge in [0.1, 0.15) is 12.4 Å². The van der Waals surface area contributed by atoms with Crippen LogP contribution in [0.15, 0.2) is 59.1 Å². The van der Waals surface area contributed by atoms with E-state index in [1.807, 2.05) is 24.3 Å². The smallest absolute Gasteiger partial charge is 0.122 e. The zero-order valence-electron chi connectivity index (χ0n) is 9.60. The highest BCUT2D eigenvalue weighted by Gasteiger charge is 2.02. The lowest BCUT2D eigenvalue weighted by Crippen LogP contribution is -1.91. The van der Waals surface area contributed by atoms with Gasteiger partial charge in [-0.25, -0.2) is 0 Å². The summed E-state index contributed by atoms with van der Waals surface area (Å²) in [4.78, 5) is 1.25. The van der Waals surface area contributed by atoms with Crippen molar-refractivity contribution in [2.75, 3.05) is 0 Å². The van der Waals surface area contributed by atoms with Crippen LogP contribution < -0.4 is 4.74 Å². The van der Waals surface area contributed by atoms with Gasteiger partial charge in [-0.1, -0.05) is 34.1 Å². The number of benzene rings is 2. The summed E-state index contributed by atoms with van der Waals surface area (Å²) in [6.45, 7) is 0.626. The minimum absolute atomic E-state index is 0.626. The predicted molar refractivity (Wildman–Crippen MR) is 80.3 cm³/mol. The van der Waals surface area contributed by atoms with Crippen LogP contribution in [-0.4, -0.2) is 0 Å². The molecule has 0 saturated carbocycles. The van der Waals surface area contributed by atoms with Gasteiger partial charge in [-0.15, -0.1) is 11.3 Å². The fourth-order valence-corrected chi connectivity index (χ4v) is 3.04. The third kappa shape index (κ3) is 2.57. The summed E-state index contributed by atoms with van der Waals surface area (Å²) in [6.07, 6.45) is 0. The molecule has 90 valence electrons. The van der Waals surface area contributed by atoms with E-state index in [1.54, 1.807) is 11.3 Å². The quantitative estimate of drug-likeness (QED) is 0.641. The van der Waals surface area contributed by atoms with Gasteiger partial charge >= 0.3 is 0 Å². The Bertz CT molecular complexity index is 625. The number of thiophene rings is 1. The summed E-state index contributed by atoms with van der Waals surface area (Å²) in [5.74, 6) is 0.899. The molecule has 3 heteroatoms. The number of ether oxygens (including phenoxy) is 1. The van der Waals surface area contributed by atoms with Gasteiger partial charge in [-0.3, -0.25) is 0 Å². The van der Waals surface area contributed by atoms with E-state index in [9.17, 15) is 0 Å². The normalized spacial score (nSPS) is 10.7. The van der Waals surface area contributed by atoms with E-state index in [-0.39, 0.29) is 0 Å². The molecule has 1 aromatic heterocycles. The Labute approximate surface area is 118 Å². The van der Waals surface area contributed by atoms with Crippen molar-refractivity contribution in [2.24, 2.45) is 0 Å². The Hall–Kier alpha value is -1.32. The van der Waals surface area contributed by atoms with E-state index < -0.39 is 0 Å². The molecule has 1 nitrogen and oxygen atoms in total. The lowest BCUT2D eigenvalue weighted by atomic mass is 10.2. The lowest BCUT2D eigenvalue weighted by Gasteiger charge is -2.03. The molecular weight excluding hydrogens is 308 g/mol. The molecule has 18 heavy (non-hydrogen) atoms. The van der Waals surface area contributed by atoms with Crippen LogP contribution in [0.3, 0.4) is 0 Å². The number of fused-ring (bicyclic) bond motifs is 1. The van der Waals surface area contributed by atoms with Crippen LogP contribution >= 0.6 is 27.3 Å². The Balaban J connectivity index is 1.74. The van der Waals surface area contributed by atoms with Crippen LogP contribution in [0.1, 0.15) is 4.88 Å². The van der Waals surface area contributed by atoms with Gasteiger partial charge in [-0.05, 0) is 41.8 Å². The van der Waals surface area contributed by atoms with Crippen molar-refractivity contribution >= 4 is 37.4 Å². The summed E-state index contributed by atoms with van der Waals surface area (Å²) in [7, 11) is 0. The molecule has 0 radical (unpaired) electrons. The molecule has 0 bridgehead atoms. The summed E-state index contributed by atoms with van der Waals surface area (Å²) in [5.41, 5.74) is 0. The van der Waals surface area contributed by atoms with Gasteiger partial charge in [0.25, 0.3) is 0 Å². The molecule has 0 atom stereocenters. The standard InChI is InChI=1S/C15H11BrOS/c16-12-5-7-13(8-6-12)17-10-14-9-11-3-1-2-4-15(11)18-14/h1-9H,10H2. The van der Waals surface area contributed by atoms with Crippen molar-refractivity contribution in [3.05, 3.63) is 63.9 Å². The third-order valence-corrected chi connectivity index (χ3v) is 4.29. The van der Waals surface area contributed by atoms with Gasteiger partial charge in [0.05, 0.1) is 0 Å². The van der Waals surface area contributed by atoms with E-state index in [1.165, 1.54) is 15.0 Å². The van der Waals surface area contributed by atoms with Gasteiger partial charge in [0.2, 0.25) is 0 Å². The zero-order valence-corrected chi connectivity index (χ0v) is 12.0. The zero-order chi connectivity index (χ0) is 12.4. The van der Waals surface area contributed by atoms with Gasteiger partial charge in [0.15, 0.2) is 0 Å². The first-order valence-corrected chi connectivity index (χ1v) is 7.28. The van der Waals surface area contributed by atoms with Crippen molar-refractivity contribution in [1.82, 2.24) is 0 Å². The maximum atomic E-state index is 5.77. The molecule has 1 heterocycles. The van der Waals surface area contributed by atoms with E-state index in [0.717, 1.165) is 10.2 Å². The lowest BCUT2D eigenvalue weighted by molar-refractivity contribution is 0.310. The van der Waals surface area contributed by atoms with Crippen LogP contribution in [0.2, 0.25) is 0 Å². The molecule has 3 aromatic rings.